The lowest BCUT2D eigenvalue weighted by molar-refractivity contribution is -0.0987. The third-order valence-corrected chi connectivity index (χ3v) is 1.67. The molecule has 0 spiro atoms. The number of halogens is 1. The maximum atomic E-state index is 9.05. The molecule has 0 saturated carbocycles. The minimum absolute atomic E-state index is 0.292. The van der Waals surface area contributed by atoms with Crippen LogP contribution in [0.25, 0.3) is 0 Å². The van der Waals surface area contributed by atoms with Crippen LogP contribution in [0.3, 0.4) is 0 Å². The second-order valence-electron chi connectivity index (χ2n) is 3.03. The number of hydrogen-bond acceptors (Lipinski definition) is 4. The van der Waals surface area contributed by atoms with Gasteiger partial charge in [0, 0.05) is 12.9 Å². The van der Waals surface area contributed by atoms with Gasteiger partial charge in [-0.25, -0.2) is 0 Å². The average molecular weight is 306 g/mol. The molecule has 0 unspecified atom stereocenters. The second kappa shape index (κ2) is 30.5. The van der Waals surface area contributed by atoms with Crippen molar-refractivity contribution in [1.82, 2.24) is 0 Å². The highest BCUT2D eigenvalue weighted by molar-refractivity contribution is 6.17. The van der Waals surface area contributed by atoms with Crippen molar-refractivity contribution in [3.8, 4) is 5.75 Å². The summed E-state index contributed by atoms with van der Waals surface area (Å²) in [5, 5.41) is 11.9. The lowest BCUT2D eigenvalue weighted by Gasteiger charge is -1.99. The molecular formula is C15H28ClNO3. The van der Waals surface area contributed by atoms with Gasteiger partial charge in [0.25, 0.3) is 0 Å². The van der Waals surface area contributed by atoms with E-state index in [2.05, 4.69) is 19.2 Å². The van der Waals surface area contributed by atoms with Gasteiger partial charge in [0.05, 0.1) is 5.69 Å². The van der Waals surface area contributed by atoms with Gasteiger partial charge < -0.3 is 20.0 Å². The van der Waals surface area contributed by atoms with Crippen LogP contribution in [0.4, 0.5) is 5.69 Å². The monoisotopic (exact) mass is 305 g/mol. The van der Waals surface area contributed by atoms with Crippen molar-refractivity contribution in [2.24, 2.45) is 0 Å². The van der Waals surface area contributed by atoms with E-state index in [0.29, 0.717) is 5.75 Å². The van der Waals surface area contributed by atoms with Crippen LogP contribution in [-0.2, 0) is 9.59 Å². The first-order valence-corrected chi connectivity index (χ1v) is 6.80. The van der Waals surface area contributed by atoms with E-state index in [1.54, 1.807) is 19.2 Å². The smallest absolute Gasteiger partial charge is 0.138 e. The molecule has 0 aliphatic heterocycles. The molecule has 0 aliphatic rings. The van der Waals surface area contributed by atoms with E-state index in [0.717, 1.165) is 11.6 Å². The van der Waals surface area contributed by atoms with Gasteiger partial charge in [0.15, 0.2) is 0 Å². The van der Waals surface area contributed by atoms with Crippen molar-refractivity contribution in [2.45, 2.75) is 33.6 Å². The molecule has 1 aromatic carbocycles. The zero-order valence-electron chi connectivity index (χ0n) is 13.0. The van der Waals surface area contributed by atoms with E-state index >= 15 is 0 Å². The summed E-state index contributed by atoms with van der Waals surface area (Å²) in [4.78, 5) is 16.0. The van der Waals surface area contributed by atoms with Crippen LogP contribution in [0.1, 0.15) is 33.6 Å². The quantitative estimate of drug-likeness (QED) is 0.637. The Hall–Kier alpha value is -1.55. The van der Waals surface area contributed by atoms with Crippen LogP contribution >= 0.6 is 11.6 Å². The highest BCUT2D eigenvalue weighted by Crippen LogP contribution is 2.19. The number of unbranched alkanes of at least 4 members (excludes halogenated alkanes) is 1. The lowest BCUT2D eigenvalue weighted by atomic mass is 10.3. The summed E-state index contributed by atoms with van der Waals surface area (Å²) in [6, 6.07) is 7.11. The summed E-state index contributed by atoms with van der Waals surface area (Å²) in [5.41, 5.74) is 0.762. The summed E-state index contributed by atoms with van der Waals surface area (Å²) >= 11 is 5.00. The molecule has 20 heavy (non-hydrogen) atoms. The maximum absolute atomic E-state index is 9.05. The minimum Gasteiger partial charge on any atom is -0.506 e. The van der Waals surface area contributed by atoms with Crippen molar-refractivity contribution in [3.63, 3.8) is 0 Å². The Morgan fingerprint density at radius 3 is 1.60 bits per heavy atom. The van der Waals surface area contributed by atoms with Gasteiger partial charge in [-0.2, -0.15) is 0 Å². The maximum Gasteiger partial charge on any atom is 0.138 e. The number of hydrogen-bond donors (Lipinski definition) is 2. The molecule has 1 rings (SSSR count). The van der Waals surface area contributed by atoms with Crippen molar-refractivity contribution < 1.29 is 14.7 Å². The Morgan fingerprint density at radius 1 is 1.05 bits per heavy atom. The van der Waals surface area contributed by atoms with E-state index in [-0.39, 0.29) is 0 Å². The van der Waals surface area contributed by atoms with Crippen molar-refractivity contribution >= 4 is 30.9 Å². The number of nitrogens with one attached hydrogen (secondary N) is 1. The Morgan fingerprint density at radius 2 is 1.40 bits per heavy atom. The first-order valence-electron chi connectivity index (χ1n) is 6.27. The molecule has 0 atom stereocenters. The molecule has 5 heteroatoms. The number of para-hydroxylation sites is 2. The number of benzene rings is 1. The normalized spacial score (nSPS) is 6.85. The van der Waals surface area contributed by atoms with Crippen LogP contribution in [-0.4, -0.2) is 31.6 Å². The molecule has 1 aromatic rings. The molecule has 0 heterocycles. The summed E-state index contributed by atoms with van der Waals surface area (Å²) < 4.78 is 0. The zero-order valence-corrected chi connectivity index (χ0v) is 13.7. The Bertz CT molecular complexity index is 269. The van der Waals surface area contributed by atoms with E-state index in [1.165, 1.54) is 12.8 Å². The van der Waals surface area contributed by atoms with Gasteiger partial charge in [-0.15, -0.1) is 11.6 Å². The van der Waals surface area contributed by atoms with Gasteiger partial charge in [-0.05, 0) is 12.1 Å². The number of aromatic hydroxyl groups is 1. The molecule has 2 N–H and O–H groups in total. The number of rotatable bonds is 2. The van der Waals surface area contributed by atoms with Crippen LogP contribution < -0.4 is 5.32 Å². The molecule has 118 valence electrons. The summed E-state index contributed by atoms with van der Waals surface area (Å²) in [5.74, 6) is 1.01. The number of phenols is 1. The lowest BCUT2D eigenvalue weighted by Crippen LogP contribution is -1.86. The third kappa shape index (κ3) is 25.3. The Labute approximate surface area is 128 Å². The van der Waals surface area contributed by atoms with Crippen LogP contribution in [0, 0.1) is 0 Å². The fourth-order valence-electron chi connectivity index (χ4n) is 0.685. The van der Waals surface area contributed by atoms with Crippen LogP contribution in [0.2, 0.25) is 0 Å². The van der Waals surface area contributed by atoms with Crippen molar-refractivity contribution in [2.75, 3.05) is 18.2 Å². The van der Waals surface area contributed by atoms with Crippen molar-refractivity contribution in [1.29, 1.82) is 0 Å². The molecule has 0 aliphatic carbocycles. The summed E-state index contributed by atoms with van der Waals surface area (Å²) in [6.07, 6.45) is 2.64. The number of carbonyl (C=O) groups is 2. The fourth-order valence-corrected chi connectivity index (χ4v) is 0.685. The van der Waals surface area contributed by atoms with Gasteiger partial charge in [-0.3, -0.25) is 0 Å². The Kier molecular flexibility index (Phi) is 41.0. The second-order valence-corrected chi connectivity index (χ2v) is 3.57. The third-order valence-electron chi connectivity index (χ3n) is 1.67. The minimum atomic E-state index is 0.292. The van der Waals surface area contributed by atoms with Gasteiger partial charge in [0.1, 0.15) is 19.3 Å². The van der Waals surface area contributed by atoms with Crippen LogP contribution in [0.5, 0.6) is 5.75 Å². The summed E-state index contributed by atoms with van der Waals surface area (Å²) in [6.45, 7) is 10.3. The number of phenolic OH excluding ortho intramolecular Hbond substituents is 1. The first-order chi connectivity index (χ1) is 9.67. The molecular weight excluding hydrogens is 278 g/mol. The van der Waals surface area contributed by atoms with E-state index in [1.807, 2.05) is 32.6 Å². The molecule has 0 aromatic heterocycles. The number of carbonyl (C=O) groups excluding carboxylic acids is 2. The highest BCUT2D eigenvalue weighted by atomic mass is 35.5. The Balaban J connectivity index is -0.0000000988. The number of alkyl halides is 1. The predicted octanol–water partition coefficient (Wildman–Crippen LogP) is 4.12. The molecule has 0 saturated heterocycles. The molecule has 0 radical (unpaired) electrons. The molecule has 0 fully saturated rings. The van der Waals surface area contributed by atoms with Gasteiger partial charge >= 0.3 is 0 Å². The zero-order chi connectivity index (χ0) is 16.8. The SMILES string of the molecule is C=O.C=O.CCCC.CCCl.CNc1ccccc1O. The fraction of sp³-hybridized carbons (Fsp3) is 0.467. The van der Waals surface area contributed by atoms with E-state index in [4.69, 9.17) is 26.3 Å². The van der Waals surface area contributed by atoms with Gasteiger partial charge in [0.2, 0.25) is 0 Å². The number of anilines is 1. The molecule has 4 nitrogen and oxygen atoms in total. The average Bonchev–Trinajstić information content (AvgIpc) is 2.53. The van der Waals surface area contributed by atoms with E-state index < -0.39 is 0 Å². The molecule has 0 amide bonds. The van der Waals surface area contributed by atoms with Gasteiger partial charge in [-0.1, -0.05) is 45.7 Å². The summed E-state index contributed by atoms with van der Waals surface area (Å²) in [7, 11) is 1.77. The first kappa shape index (κ1) is 26.9. The standard InChI is InChI=1S/C7H9NO.C4H10.C2H5Cl.2CH2O/c1-8-6-4-2-3-5-7(6)9;1-3-4-2;1-2-3;2*1-2/h2-5,8-9H,1H3;3-4H2,1-2H3;2H2,1H3;2*1H2. The predicted molar refractivity (Wildman–Crippen MR) is 88.9 cm³/mol. The topological polar surface area (TPSA) is 66.4 Å². The molecule has 0 bridgehead atoms. The highest BCUT2D eigenvalue weighted by Gasteiger charge is 1.91. The van der Waals surface area contributed by atoms with E-state index in [9.17, 15) is 0 Å². The van der Waals surface area contributed by atoms with Crippen LogP contribution in [0.15, 0.2) is 24.3 Å². The largest absolute Gasteiger partial charge is 0.506 e. The van der Waals surface area contributed by atoms with Crippen molar-refractivity contribution in [3.05, 3.63) is 24.3 Å².